The van der Waals surface area contributed by atoms with E-state index in [-0.39, 0.29) is 12.8 Å². The Morgan fingerprint density at radius 1 is 0.711 bits per heavy atom. The van der Waals surface area contributed by atoms with Crippen molar-refractivity contribution in [3.05, 3.63) is 71.8 Å². The van der Waals surface area contributed by atoms with Crippen molar-refractivity contribution in [2.75, 3.05) is 13.2 Å². The van der Waals surface area contributed by atoms with Crippen LogP contribution in [0.5, 0.6) is 0 Å². The van der Waals surface area contributed by atoms with Gasteiger partial charge >= 0.3 is 5.97 Å². The van der Waals surface area contributed by atoms with Crippen LogP contribution in [0, 0.1) is 0 Å². The average Bonchev–Trinajstić information content (AvgIpc) is 2.91. The number of nitrogens with two attached hydrogens (primary N) is 2. The summed E-state index contributed by atoms with van der Waals surface area (Å²) in [5, 5.41) is 26.8. The van der Waals surface area contributed by atoms with Crippen LogP contribution in [0.4, 0.5) is 0 Å². The van der Waals surface area contributed by atoms with Gasteiger partial charge in [-0.2, -0.15) is 0 Å². The van der Waals surface area contributed by atoms with Gasteiger partial charge in [-0.3, -0.25) is 14.4 Å². The minimum atomic E-state index is -1.44. The van der Waals surface area contributed by atoms with Crippen LogP contribution in [0.3, 0.4) is 0 Å². The fourth-order valence-corrected chi connectivity index (χ4v) is 3.77. The standard InChI is InChI=1S/C27H37N5O6/c28-14-8-7-13-20(29)24(34)30-21(15-18-9-3-1-4-10-18)25(35)32-23(17-33)26(36)31-22(27(37)38)16-19-11-5-2-6-12-19/h1-6,9-12,20-23,33H,7-8,13-17,28-29H2,(H,30,34)(H,31,36)(H,32,35)(H,37,38). The summed E-state index contributed by atoms with van der Waals surface area (Å²) >= 11 is 0. The summed E-state index contributed by atoms with van der Waals surface area (Å²) in [6.45, 7) is -0.300. The monoisotopic (exact) mass is 527 g/mol. The molecular weight excluding hydrogens is 490 g/mol. The number of unbranched alkanes of at least 4 members (excludes halogenated alkanes) is 1. The molecule has 206 valence electrons. The van der Waals surface area contributed by atoms with Gasteiger partial charge in [0.05, 0.1) is 12.6 Å². The maximum Gasteiger partial charge on any atom is 0.326 e. The molecular formula is C27H37N5O6. The van der Waals surface area contributed by atoms with E-state index in [1.165, 1.54) is 0 Å². The quantitative estimate of drug-likeness (QED) is 0.141. The third-order valence-electron chi connectivity index (χ3n) is 5.93. The molecule has 2 aromatic carbocycles. The van der Waals surface area contributed by atoms with Crippen molar-refractivity contribution < 1.29 is 29.4 Å². The minimum absolute atomic E-state index is 0.0166. The zero-order valence-corrected chi connectivity index (χ0v) is 21.2. The Balaban J connectivity index is 2.10. The number of hydrogen-bond acceptors (Lipinski definition) is 7. The number of nitrogens with one attached hydrogen (secondary N) is 3. The lowest BCUT2D eigenvalue weighted by atomic mass is 10.0. The van der Waals surface area contributed by atoms with Crippen LogP contribution >= 0.6 is 0 Å². The molecule has 0 bridgehead atoms. The lowest BCUT2D eigenvalue weighted by Gasteiger charge is -2.24. The summed E-state index contributed by atoms with van der Waals surface area (Å²) < 4.78 is 0. The third-order valence-corrected chi connectivity index (χ3v) is 5.93. The number of rotatable bonds is 16. The van der Waals surface area contributed by atoms with Crippen LogP contribution in [0.25, 0.3) is 0 Å². The van der Waals surface area contributed by atoms with E-state index < -0.39 is 54.5 Å². The Hall–Kier alpha value is -3.80. The first-order valence-corrected chi connectivity index (χ1v) is 12.5. The maximum atomic E-state index is 13.2. The summed E-state index contributed by atoms with van der Waals surface area (Å²) in [6.07, 6.45) is 1.88. The number of amides is 3. The first kappa shape index (κ1) is 30.4. The highest BCUT2D eigenvalue weighted by molar-refractivity contribution is 5.94. The molecule has 0 aliphatic rings. The van der Waals surface area contributed by atoms with Crippen molar-refractivity contribution in [1.82, 2.24) is 16.0 Å². The molecule has 0 aliphatic heterocycles. The molecule has 0 saturated heterocycles. The van der Waals surface area contributed by atoms with Crippen LogP contribution in [0.1, 0.15) is 30.4 Å². The number of hydrogen-bond donors (Lipinski definition) is 7. The van der Waals surface area contributed by atoms with Crippen LogP contribution in [-0.2, 0) is 32.0 Å². The van der Waals surface area contributed by atoms with E-state index in [0.29, 0.717) is 31.4 Å². The first-order valence-electron chi connectivity index (χ1n) is 12.5. The number of aliphatic hydroxyl groups excluding tert-OH is 1. The molecule has 9 N–H and O–H groups in total. The molecule has 2 rings (SSSR count). The Labute approximate surface area is 222 Å². The molecule has 4 atom stereocenters. The number of carbonyl (C=O) groups excluding carboxylic acids is 3. The Morgan fingerprint density at radius 3 is 1.68 bits per heavy atom. The minimum Gasteiger partial charge on any atom is -0.480 e. The topological polar surface area (TPSA) is 197 Å². The Bertz CT molecular complexity index is 1040. The average molecular weight is 528 g/mol. The molecule has 11 nitrogen and oxygen atoms in total. The molecule has 4 unspecified atom stereocenters. The van der Waals surface area contributed by atoms with E-state index in [4.69, 9.17) is 11.5 Å². The van der Waals surface area contributed by atoms with E-state index in [1.807, 2.05) is 6.07 Å². The van der Waals surface area contributed by atoms with Gasteiger partial charge < -0.3 is 37.6 Å². The number of aliphatic carboxylic acids is 1. The van der Waals surface area contributed by atoms with Gasteiger partial charge in [-0.05, 0) is 30.5 Å². The van der Waals surface area contributed by atoms with Gasteiger partial charge in [0.2, 0.25) is 17.7 Å². The number of carboxylic acid groups (broad SMARTS) is 1. The van der Waals surface area contributed by atoms with Gasteiger partial charge in [0.25, 0.3) is 0 Å². The van der Waals surface area contributed by atoms with E-state index in [2.05, 4.69) is 16.0 Å². The lowest BCUT2D eigenvalue weighted by Crippen LogP contribution is -2.58. The summed E-state index contributed by atoms with van der Waals surface area (Å²) in [7, 11) is 0. The van der Waals surface area contributed by atoms with Gasteiger partial charge in [0.1, 0.15) is 18.1 Å². The zero-order valence-electron chi connectivity index (χ0n) is 21.2. The highest BCUT2D eigenvalue weighted by Gasteiger charge is 2.30. The molecule has 38 heavy (non-hydrogen) atoms. The van der Waals surface area contributed by atoms with E-state index in [9.17, 15) is 29.4 Å². The molecule has 3 amide bonds. The molecule has 0 saturated carbocycles. The second-order valence-electron chi connectivity index (χ2n) is 8.97. The molecule has 0 heterocycles. The summed E-state index contributed by atoms with van der Waals surface area (Å²) in [4.78, 5) is 50.4. The molecule has 2 aromatic rings. The maximum absolute atomic E-state index is 13.2. The largest absolute Gasteiger partial charge is 0.480 e. The highest BCUT2D eigenvalue weighted by Crippen LogP contribution is 2.07. The van der Waals surface area contributed by atoms with Crippen molar-refractivity contribution in [3.63, 3.8) is 0 Å². The van der Waals surface area contributed by atoms with E-state index in [0.717, 1.165) is 5.56 Å². The van der Waals surface area contributed by atoms with Crippen molar-refractivity contribution in [2.45, 2.75) is 56.3 Å². The highest BCUT2D eigenvalue weighted by atomic mass is 16.4. The fourth-order valence-electron chi connectivity index (χ4n) is 3.77. The predicted octanol–water partition coefficient (Wildman–Crippen LogP) is -0.541. The van der Waals surface area contributed by atoms with Crippen LogP contribution in [0.2, 0.25) is 0 Å². The number of aliphatic hydroxyl groups is 1. The first-order chi connectivity index (χ1) is 18.2. The molecule has 0 radical (unpaired) electrons. The predicted molar refractivity (Wildman–Crippen MR) is 142 cm³/mol. The second-order valence-corrected chi connectivity index (χ2v) is 8.97. The van der Waals surface area contributed by atoms with Crippen LogP contribution < -0.4 is 27.4 Å². The van der Waals surface area contributed by atoms with Crippen molar-refractivity contribution in [1.29, 1.82) is 0 Å². The van der Waals surface area contributed by atoms with Crippen molar-refractivity contribution in [3.8, 4) is 0 Å². The summed E-state index contributed by atoms with van der Waals surface area (Å²) in [5.41, 5.74) is 12.9. The van der Waals surface area contributed by atoms with Gasteiger partial charge in [-0.1, -0.05) is 67.1 Å². The van der Waals surface area contributed by atoms with Gasteiger partial charge in [0, 0.05) is 12.8 Å². The number of carbonyl (C=O) groups is 4. The summed E-state index contributed by atoms with van der Waals surface area (Å²) in [5.74, 6) is -3.38. The molecule has 11 heteroatoms. The van der Waals surface area contributed by atoms with Gasteiger partial charge in [-0.25, -0.2) is 4.79 Å². The van der Waals surface area contributed by atoms with Gasteiger partial charge in [0.15, 0.2) is 0 Å². The van der Waals surface area contributed by atoms with Crippen LogP contribution in [-0.4, -0.2) is 71.2 Å². The molecule has 0 aromatic heterocycles. The lowest BCUT2D eigenvalue weighted by molar-refractivity contribution is -0.142. The SMILES string of the molecule is NCCCCC(N)C(=O)NC(Cc1ccccc1)C(=O)NC(CO)C(=O)NC(Cc1ccccc1)C(=O)O. The van der Waals surface area contributed by atoms with E-state index >= 15 is 0 Å². The Kier molecular flexibility index (Phi) is 12.9. The van der Waals surface area contributed by atoms with E-state index in [1.54, 1.807) is 54.6 Å². The zero-order chi connectivity index (χ0) is 27.9. The fraction of sp³-hybridized carbons (Fsp3) is 0.407. The second kappa shape index (κ2) is 16.1. The molecule has 0 spiro atoms. The number of carboxylic acids is 1. The smallest absolute Gasteiger partial charge is 0.326 e. The van der Waals surface area contributed by atoms with Crippen molar-refractivity contribution >= 4 is 23.7 Å². The van der Waals surface area contributed by atoms with Crippen molar-refractivity contribution in [2.24, 2.45) is 11.5 Å². The van der Waals surface area contributed by atoms with Gasteiger partial charge in [-0.15, -0.1) is 0 Å². The third kappa shape index (κ3) is 10.3. The van der Waals surface area contributed by atoms with Crippen LogP contribution in [0.15, 0.2) is 60.7 Å². The molecule has 0 aliphatic carbocycles. The summed E-state index contributed by atoms with van der Waals surface area (Å²) in [6, 6.07) is 13.0. The Morgan fingerprint density at radius 2 is 1.18 bits per heavy atom. The normalized spacial score (nSPS) is 14.0. The number of benzene rings is 2. The molecule has 0 fully saturated rings.